The molecule has 0 aliphatic rings. The Bertz CT molecular complexity index is 365. The van der Waals surface area contributed by atoms with Gasteiger partial charge in [-0.15, -0.1) is 30.6 Å². The van der Waals surface area contributed by atoms with E-state index in [1.165, 1.54) is 0 Å². The molecule has 0 rings (SSSR count). The Morgan fingerprint density at radius 2 is 1.26 bits per heavy atom. The molecule has 0 aromatic carbocycles. The summed E-state index contributed by atoms with van der Waals surface area (Å²) in [5, 5.41) is 29.6. The third kappa shape index (κ3) is 11.7. The van der Waals surface area contributed by atoms with E-state index in [9.17, 15) is 0 Å². The Kier molecular flexibility index (Phi) is 10.4. The molecule has 0 saturated carbocycles. The van der Waals surface area contributed by atoms with Gasteiger partial charge in [0.25, 0.3) is 0 Å². The van der Waals surface area contributed by atoms with Crippen LogP contribution in [-0.2, 0) is 0 Å². The number of nitrogens with zero attached hydrogens (tertiary/aromatic N) is 8. The summed E-state index contributed by atoms with van der Waals surface area (Å²) in [5.41, 5.74) is 10.0. The summed E-state index contributed by atoms with van der Waals surface area (Å²) in [4.78, 5) is 0. The zero-order valence-electron chi connectivity index (χ0n) is 11.0. The second-order valence-corrected chi connectivity index (χ2v) is 3.11. The van der Waals surface area contributed by atoms with E-state index >= 15 is 0 Å². The lowest BCUT2D eigenvalue weighted by Crippen LogP contribution is -1.91. The van der Waals surface area contributed by atoms with Crippen molar-refractivity contribution in [2.75, 3.05) is 13.1 Å². The maximum atomic E-state index is 5.02. The van der Waals surface area contributed by atoms with Crippen molar-refractivity contribution in [2.45, 2.75) is 20.3 Å². The van der Waals surface area contributed by atoms with Gasteiger partial charge in [-0.25, -0.2) is 0 Å². The lowest BCUT2D eigenvalue weighted by Gasteiger charge is -1.90. The minimum absolute atomic E-state index is 0.436. The van der Waals surface area contributed by atoms with Crippen LogP contribution in [-0.4, -0.2) is 37.4 Å². The normalized spacial score (nSPS) is 14.6. The van der Waals surface area contributed by atoms with Gasteiger partial charge < -0.3 is 11.5 Å². The summed E-state index contributed by atoms with van der Waals surface area (Å²) in [6.45, 7) is 4.40. The number of nitrogens with two attached hydrogens (primary N) is 2. The van der Waals surface area contributed by atoms with E-state index in [0.29, 0.717) is 31.2 Å². The summed E-state index contributed by atoms with van der Waals surface area (Å²) in [5.74, 6) is 0.872. The van der Waals surface area contributed by atoms with Gasteiger partial charge in [0.15, 0.2) is 11.7 Å². The molecule has 0 heterocycles. The molecule has 0 aromatic rings. The Labute approximate surface area is 111 Å². The molecule has 10 nitrogen and oxygen atoms in total. The summed E-state index contributed by atoms with van der Waals surface area (Å²) in [6, 6.07) is 0. The lowest BCUT2D eigenvalue weighted by atomic mass is 10.4. The Morgan fingerprint density at radius 3 is 1.63 bits per heavy atom. The standard InChI is InChI=1S/C9H18N10/c1-8(18-14-6-10)16-12-4-3-5-13-17-9(2)19-15-7-11/h6-7H,3-5H2,1-2H3,(H2,10,14)(H2,11,15)/b16-12?,17-13?,18-8+,19-9+. The lowest BCUT2D eigenvalue weighted by molar-refractivity contribution is 0.791. The van der Waals surface area contributed by atoms with E-state index in [2.05, 4.69) is 40.9 Å². The number of hydrogen-bond donors (Lipinski definition) is 2. The van der Waals surface area contributed by atoms with Crippen molar-refractivity contribution in [3.63, 3.8) is 0 Å². The van der Waals surface area contributed by atoms with E-state index in [0.717, 1.165) is 12.7 Å². The van der Waals surface area contributed by atoms with E-state index in [1.54, 1.807) is 13.8 Å². The Balaban J connectivity index is 3.82. The van der Waals surface area contributed by atoms with Crippen LogP contribution < -0.4 is 11.5 Å². The average Bonchev–Trinajstić information content (AvgIpc) is 2.41. The second-order valence-electron chi connectivity index (χ2n) is 3.11. The fraction of sp³-hybridized carbons (Fsp3) is 0.556. The van der Waals surface area contributed by atoms with Crippen molar-refractivity contribution in [3.8, 4) is 0 Å². The van der Waals surface area contributed by atoms with Crippen LogP contribution in [0, 0.1) is 0 Å². The molecule has 0 fully saturated rings. The van der Waals surface area contributed by atoms with Crippen molar-refractivity contribution in [1.82, 2.24) is 0 Å². The van der Waals surface area contributed by atoms with Gasteiger partial charge in [0.05, 0.1) is 13.1 Å². The molecule has 19 heavy (non-hydrogen) atoms. The number of amidine groups is 2. The Morgan fingerprint density at radius 1 is 0.842 bits per heavy atom. The minimum atomic E-state index is 0.436. The predicted molar refractivity (Wildman–Crippen MR) is 75.6 cm³/mol. The number of hydrogen-bond acceptors (Lipinski definition) is 6. The number of azo groups is 2. The van der Waals surface area contributed by atoms with Crippen molar-refractivity contribution < 1.29 is 0 Å². The first kappa shape index (κ1) is 16.5. The zero-order valence-corrected chi connectivity index (χ0v) is 11.0. The molecule has 0 saturated heterocycles. The van der Waals surface area contributed by atoms with Crippen LogP contribution in [0.1, 0.15) is 20.3 Å². The average molecular weight is 266 g/mol. The molecule has 0 aliphatic heterocycles. The molecule has 104 valence electrons. The third-order valence-corrected chi connectivity index (χ3v) is 1.49. The Hall–Kier alpha value is -2.52. The summed E-state index contributed by atoms with van der Waals surface area (Å²) >= 11 is 0. The summed E-state index contributed by atoms with van der Waals surface area (Å²) in [7, 11) is 0. The fourth-order valence-electron chi connectivity index (χ4n) is 0.791. The summed E-state index contributed by atoms with van der Waals surface area (Å²) < 4.78 is 0. The smallest absolute Gasteiger partial charge is 0.169 e. The maximum absolute atomic E-state index is 5.02. The van der Waals surface area contributed by atoms with Gasteiger partial charge in [0.2, 0.25) is 0 Å². The maximum Gasteiger partial charge on any atom is 0.169 e. The molecule has 0 unspecified atom stereocenters. The molecule has 0 radical (unpaired) electrons. The van der Waals surface area contributed by atoms with E-state index < -0.39 is 0 Å². The molecule has 0 bridgehead atoms. The van der Waals surface area contributed by atoms with Crippen LogP contribution in [0.15, 0.2) is 40.9 Å². The van der Waals surface area contributed by atoms with Crippen LogP contribution in [0.5, 0.6) is 0 Å². The monoisotopic (exact) mass is 266 g/mol. The second kappa shape index (κ2) is 12.0. The summed E-state index contributed by atoms with van der Waals surface area (Å²) in [6.07, 6.45) is 2.88. The molecule has 0 spiro atoms. The van der Waals surface area contributed by atoms with Gasteiger partial charge in [-0.05, 0) is 20.3 Å². The van der Waals surface area contributed by atoms with Gasteiger partial charge in [-0.2, -0.15) is 10.2 Å². The molecule has 0 aromatic heterocycles. The SMILES string of the molecule is C/C(N=NCCCN=N/C(C)=N/N=CN)=N\N=CN. The van der Waals surface area contributed by atoms with Gasteiger partial charge in [0.1, 0.15) is 12.7 Å². The first-order chi connectivity index (χ1) is 9.20. The highest BCUT2D eigenvalue weighted by atomic mass is 15.3. The highest BCUT2D eigenvalue weighted by Crippen LogP contribution is 1.90. The van der Waals surface area contributed by atoms with Gasteiger partial charge in [0, 0.05) is 0 Å². The first-order valence-electron chi connectivity index (χ1n) is 5.51. The van der Waals surface area contributed by atoms with Crippen molar-refractivity contribution in [3.05, 3.63) is 0 Å². The molecular formula is C9H18N10. The molecule has 10 heteroatoms. The van der Waals surface area contributed by atoms with Gasteiger partial charge >= 0.3 is 0 Å². The van der Waals surface area contributed by atoms with E-state index in [1.807, 2.05) is 0 Å². The molecule has 0 atom stereocenters. The predicted octanol–water partition coefficient (Wildman–Crippen LogP) is 0.922. The van der Waals surface area contributed by atoms with Crippen molar-refractivity contribution in [1.29, 1.82) is 0 Å². The van der Waals surface area contributed by atoms with Crippen LogP contribution in [0.25, 0.3) is 0 Å². The largest absolute Gasteiger partial charge is 0.388 e. The highest BCUT2D eigenvalue weighted by molar-refractivity contribution is 5.80. The van der Waals surface area contributed by atoms with Crippen LogP contribution in [0.3, 0.4) is 0 Å². The molecule has 0 aliphatic carbocycles. The van der Waals surface area contributed by atoms with Crippen LogP contribution >= 0.6 is 0 Å². The van der Waals surface area contributed by atoms with Crippen LogP contribution in [0.2, 0.25) is 0 Å². The zero-order chi connectivity index (χ0) is 14.3. The molecule has 4 N–H and O–H groups in total. The highest BCUT2D eigenvalue weighted by Gasteiger charge is 1.87. The topological polar surface area (TPSA) is 151 Å². The van der Waals surface area contributed by atoms with E-state index in [4.69, 9.17) is 11.5 Å². The first-order valence-corrected chi connectivity index (χ1v) is 5.51. The van der Waals surface area contributed by atoms with Gasteiger partial charge in [-0.1, -0.05) is 0 Å². The fourth-order valence-corrected chi connectivity index (χ4v) is 0.791. The van der Waals surface area contributed by atoms with Gasteiger partial charge in [-0.3, -0.25) is 0 Å². The molecule has 0 amide bonds. The van der Waals surface area contributed by atoms with Crippen molar-refractivity contribution >= 4 is 24.3 Å². The number of rotatable bonds is 6. The quantitative estimate of drug-likeness (QED) is 0.241. The third-order valence-electron chi connectivity index (χ3n) is 1.49. The van der Waals surface area contributed by atoms with Crippen LogP contribution in [0.4, 0.5) is 0 Å². The minimum Gasteiger partial charge on any atom is -0.388 e. The molecular weight excluding hydrogens is 248 g/mol. The van der Waals surface area contributed by atoms with Crippen molar-refractivity contribution in [2.24, 2.45) is 52.3 Å². The van der Waals surface area contributed by atoms with E-state index in [-0.39, 0.29) is 0 Å².